The van der Waals surface area contributed by atoms with Crippen molar-refractivity contribution >= 4 is 17.5 Å². The summed E-state index contributed by atoms with van der Waals surface area (Å²) in [4.78, 5) is 34.7. The summed E-state index contributed by atoms with van der Waals surface area (Å²) in [5.41, 5.74) is 0.678. The number of aromatic nitrogens is 1. The predicted octanol–water partition coefficient (Wildman–Crippen LogP) is 1.90. The molecule has 0 radical (unpaired) electrons. The topological polar surface area (TPSA) is 66.0 Å². The first-order valence-electron chi connectivity index (χ1n) is 10.2. The molecule has 0 N–H and O–H groups in total. The Bertz CT molecular complexity index is 962. The van der Waals surface area contributed by atoms with E-state index in [0.29, 0.717) is 50.3 Å². The van der Waals surface area contributed by atoms with Crippen LogP contribution in [0, 0.1) is 5.82 Å². The molecule has 0 saturated carbocycles. The summed E-state index contributed by atoms with van der Waals surface area (Å²) in [5, 5.41) is 0. The van der Waals surface area contributed by atoms with E-state index < -0.39 is 11.8 Å². The van der Waals surface area contributed by atoms with Gasteiger partial charge in [-0.05, 0) is 31.0 Å². The van der Waals surface area contributed by atoms with Crippen LogP contribution in [0.1, 0.15) is 23.2 Å². The van der Waals surface area contributed by atoms with Crippen LogP contribution in [0.15, 0.2) is 48.8 Å². The lowest BCUT2D eigenvalue weighted by Gasteiger charge is -2.39. The molecule has 0 aliphatic carbocycles. The molecule has 1 aromatic heterocycles. The third-order valence-electron chi connectivity index (χ3n) is 6.29. The van der Waals surface area contributed by atoms with Crippen LogP contribution in [-0.2, 0) is 9.53 Å². The van der Waals surface area contributed by atoms with Crippen LogP contribution in [0.25, 0.3) is 0 Å². The Kier molecular flexibility index (Phi) is 4.66. The highest BCUT2D eigenvalue weighted by Crippen LogP contribution is 2.38. The maximum atomic E-state index is 14.1. The largest absolute Gasteiger partial charge is 0.369 e. The Morgan fingerprint density at radius 1 is 1.17 bits per heavy atom. The van der Waals surface area contributed by atoms with Crippen LogP contribution >= 0.6 is 0 Å². The van der Waals surface area contributed by atoms with Gasteiger partial charge in [0.15, 0.2) is 12.0 Å². The first kappa shape index (κ1) is 19.0. The van der Waals surface area contributed by atoms with Crippen LogP contribution in [0.2, 0.25) is 0 Å². The van der Waals surface area contributed by atoms with Crippen LogP contribution in [0.5, 0.6) is 0 Å². The van der Waals surface area contributed by atoms with E-state index >= 15 is 0 Å². The Balaban J connectivity index is 1.27. The number of amides is 2. The Morgan fingerprint density at radius 2 is 1.93 bits per heavy atom. The van der Waals surface area contributed by atoms with Gasteiger partial charge in [0.25, 0.3) is 5.91 Å². The minimum absolute atomic E-state index is 0.0675. The summed E-state index contributed by atoms with van der Waals surface area (Å²) < 4.78 is 20.4. The molecular weight excluding hydrogens is 387 g/mol. The normalized spacial score (nSPS) is 23.0. The van der Waals surface area contributed by atoms with Gasteiger partial charge in [0, 0.05) is 24.8 Å². The first-order valence-corrected chi connectivity index (χ1v) is 10.2. The van der Waals surface area contributed by atoms with Crippen LogP contribution in [0.4, 0.5) is 10.1 Å². The van der Waals surface area contributed by atoms with Crippen LogP contribution in [0.3, 0.4) is 0 Å². The second kappa shape index (κ2) is 7.36. The number of piperidine rings is 1. The fourth-order valence-corrected chi connectivity index (χ4v) is 4.67. The molecule has 1 aromatic carbocycles. The maximum Gasteiger partial charge on any atom is 0.254 e. The molecule has 5 rings (SSSR count). The summed E-state index contributed by atoms with van der Waals surface area (Å²) in [6.45, 7) is 2.24. The second-order valence-electron chi connectivity index (χ2n) is 8.14. The van der Waals surface area contributed by atoms with Gasteiger partial charge in [-0.3, -0.25) is 14.6 Å². The van der Waals surface area contributed by atoms with E-state index in [4.69, 9.17) is 4.74 Å². The molecule has 156 valence electrons. The highest BCUT2D eigenvalue weighted by molar-refractivity contribution is 5.97. The quantitative estimate of drug-likeness (QED) is 0.757. The van der Waals surface area contributed by atoms with Crippen molar-refractivity contribution in [1.29, 1.82) is 0 Å². The van der Waals surface area contributed by atoms with Crippen molar-refractivity contribution in [2.75, 3.05) is 37.6 Å². The van der Waals surface area contributed by atoms with Crippen molar-refractivity contribution in [3.8, 4) is 0 Å². The summed E-state index contributed by atoms with van der Waals surface area (Å²) in [5.74, 6) is -0.574. The molecule has 1 spiro atoms. The Morgan fingerprint density at radius 3 is 2.67 bits per heavy atom. The molecule has 3 aliphatic rings. The van der Waals surface area contributed by atoms with Gasteiger partial charge in [0.05, 0.1) is 30.6 Å². The van der Waals surface area contributed by atoms with E-state index in [1.165, 1.54) is 6.20 Å². The minimum atomic E-state index is -0.438. The van der Waals surface area contributed by atoms with E-state index in [1.807, 2.05) is 23.1 Å². The van der Waals surface area contributed by atoms with Gasteiger partial charge < -0.3 is 19.4 Å². The van der Waals surface area contributed by atoms with Gasteiger partial charge in [0.1, 0.15) is 6.54 Å². The molecular formula is C22H23FN4O3. The van der Waals surface area contributed by atoms with E-state index in [-0.39, 0.29) is 24.2 Å². The molecule has 3 fully saturated rings. The zero-order valence-corrected chi connectivity index (χ0v) is 16.5. The van der Waals surface area contributed by atoms with Gasteiger partial charge in [-0.15, -0.1) is 0 Å². The molecule has 8 heteroatoms. The average molecular weight is 410 g/mol. The van der Waals surface area contributed by atoms with Crippen molar-refractivity contribution in [2.24, 2.45) is 0 Å². The Labute approximate surface area is 174 Å². The number of carbonyl (C=O) groups is 2. The fourth-order valence-electron chi connectivity index (χ4n) is 4.67. The molecule has 3 saturated heterocycles. The van der Waals surface area contributed by atoms with Crippen molar-refractivity contribution in [1.82, 2.24) is 14.8 Å². The van der Waals surface area contributed by atoms with E-state index in [0.717, 1.165) is 0 Å². The maximum absolute atomic E-state index is 14.1. The smallest absolute Gasteiger partial charge is 0.254 e. The lowest BCUT2D eigenvalue weighted by Crippen LogP contribution is -2.55. The van der Waals surface area contributed by atoms with Gasteiger partial charge in [-0.25, -0.2) is 4.39 Å². The number of carbonyl (C=O) groups excluding carboxylic acids is 2. The monoisotopic (exact) mass is 410 g/mol. The minimum Gasteiger partial charge on any atom is -0.369 e. The zero-order chi connectivity index (χ0) is 20.7. The summed E-state index contributed by atoms with van der Waals surface area (Å²) in [6.07, 6.45) is 3.78. The number of nitrogens with zero attached hydrogens (tertiary/aromatic N) is 4. The summed E-state index contributed by atoms with van der Waals surface area (Å²) >= 11 is 0. The van der Waals surface area contributed by atoms with Crippen molar-refractivity contribution in [3.63, 3.8) is 0 Å². The number of hydrogen-bond acceptors (Lipinski definition) is 5. The average Bonchev–Trinajstić information content (AvgIpc) is 3.13. The molecule has 1 atom stereocenters. The predicted molar refractivity (Wildman–Crippen MR) is 107 cm³/mol. The van der Waals surface area contributed by atoms with Crippen molar-refractivity contribution in [2.45, 2.75) is 24.7 Å². The highest BCUT2D eigenvalue weighted by atomic mass is 19.1. The number of hydrogen-bond donors (Lipinski definition) is 0. The summed E-state index contributed by atoms with van der Waals surface area (Å²) in [6, 6.07) is 10.7. The van der Waals surface area contributed by atoms with Gasteiger partial charge in [-0.1, -0.05) is 18.2 Å². The number of fused-ring (bicyclic) bond motifs is 1. The van der Waals surface area contributed by atoms with Crippen LogP contribution in [-0.4, -0.2) is 71.2 Å². The zero-order valence-electron chi connectivity index (χ0n) is 16.5. The Hall–Kier alpha value is -3.00. The number of rotatable bonds is 2. The summed E-state index contributed by atoms with van der Waals surface area (Å²) in [7, 11) is 0. The number of pyridine rings is 1. The molecule has 4 heterocycles. The van der Waals surface area contributed by atoms with Gasteiger partial charge in [0.2, 0.25) is 5.91 Å². The van der Waals surface area contributed by atoms with E-state index in [9.17, 15) is 14.0 Å². The second-order valence-corrected chi connectivity index (χ2v) is 8.14. The fraction of sp³-hybridized carbons (Fsp3) is 0.409. The number of benzene rings is 1. The van der Waals surface area contributed by atoms with Gasteiger partial charge >= 0.3 is 0 Å². The molecule has 2 amide bonds. The molecule has 1 unspecified atom stereocenters. The highest BCUT2D eigenvalue weighted by Gasteiger charge is 2.51. The molecule has 3 aliphatic heterocycles. The molecule has 2 aromatic rings. The van der Waals surface area contributed by atoms with Crippen molar-refractivity contribution < 1.29 is 18.7 Å². The number of piperazine rings is 1. The lowest BCUT2D eigenvalue weighted by atomic mass is 9.91. The number of halogens is 1. The number of ether oxygens (including phenoxy) is 1. The number of anilines is 1. The lowest BCUT2D eigenvalue weighted by molar-refractivity contribution is -0.146. The third-order valence-corrected chi connectivity index (χ3v) is 6.29. The molecule has 0 bridgehead atoms. The molecule has 30 heavy (non-hydrogen) atoms. The van der Waals surface area contributed by atoms with Gasteiger partial charge in [-0.2, -0.15) is 0 Å². The third kappa shape index (κ3) is 3.31. The van der Waals surface area contributed by atoms with E-state index in [1.54, 1.807) is 34.2 Å². The first-order chi connectivity index (χ1) is 14.5. The van der Waals surface area contributed by atoms with Crippen molar-refractivity contribution in [3.05, 3.63) is 60.2 Å². The molecule has 7 nitrogen and oxygen atoms in total. The van der Waals surface area contributed by atoms with E-state index in [2.05, 4.69) is 4.98 Å². The standard InChI is InChI=1S/C22H23FN4O3/c23-17-12-24-9-6-18(17)25-10-7-22(8-11-25)15-27-19(28)13-26(14-20(27)30-22)21(29)16-4-2-1-3-5-16/h1-6,9,12,20H,7-8,10-11,13-15H2. The SMILES string of the molecule is O=C(c1ccccc1)N1CC(=O)N2CC3(CCN(c4ccncc4F)CC3)OC2C1. The van der Waals surface area contributed by atoms with Crippen LogP contribution < -0.4 is 4.90 Å².